The van der Waals surface area contributed by atoms with Crippen LogP contribution in [0, 0.1) is 0 Å². The highest BCUT2D eigenvalue weighted by Crippen LogP contribution is 2.44. The third kappa shape index (κ3) is 2.37. The van der Waals surface area contributed by atoms with Gasteiger partial charge in [0.1, 0.15) is 0 Å². The molecule has 2 aromatic heterocycles. The van der Waals surface area contributed by atoms with Crippen LogP contribution in [0.2, 0.25) is 0 Å². The van der Waals surface area contributed by atoms with Crippen molar-refractivity contribution in [1.82, 2.24) is 14.9 Å². The number of anilines is 1. The Bertz CT molecular complexity index is 752. The highest BCUT2D eigenvalue weighted by molar-refractivity contribution is 5.91. The van der Waals surface area contributed by atoms with Gasteiger partial charge in [-0.1, -0.05) is 0 Å². The highest BCUT2D eigenvalue weighted by Gasteiger charge is 2.45. The number of fused-ring (bicyclic) bond motifs is 2. The lowest BCUT2D eigenvalue weighted by atomic mass is 9.77. The first-order valence-corrected chi connectivity index (χ1v) is 8.46. The molecule has 1 saturated heterocycles. The van der Waals surface area contributed by atoms with E-state index in [1.807, 2.05) is 30.1 Å². The topological polar surface area (TPSA) is 62.5 Å². The zero-order valence-corrected chi connectivity index (χ0v) is 14.2. The molecular weight excluding hydrogens is 304 g/mol. The van der Waals surface area contributed by atoms with Crippen molar-refractivity contribution in [1.29, 1.82) is 0 Å². The molecule has 2 aromatic rings. The quantitative estimate of drug-likeness (QED) is 0.847. The molecule has 0 aromatic carbocycles. The number of piperidine rings is 1. The summed E-state index contributed by atoms with van der Waals surface area (Å²) in [6, 6.07) is 3.49. The summed E-state index contributed by atoms with van der Waals surface area (Å²) in [4.78, 5) is 25.8. The minimum Gasteiger partial charge on any atom is -0.459 e. The van der Waals surface area contributed by atoms with Gasteiger partial charge in [-0.25, -0.2) is 9.97 Å². The Hall–Kier alpha value is -2.37. The molecule has 0 saturated carbocycles. The van der Waals surface area contributed by atoms with Crippen LogP contribution >= 0.6 is 0 Å². The van der Waals surface area contributed by atoms with Crippen LogP contribution in [0.25, 0.3) is 0 Å². The van der Waals surface area contributed by atoms with Crippen molar-refractivity contribution in [3.8, 4) is 0 Å². The Morgan fingerprint density at radius 3 is 3.00 bits per heavy atom. The van der Waals surface area contributed by atoms with Crippen molar-refractivity contribution < 1.29 is 9.21 Å². The normalized spacial score (nSPS) is 22.7. The third-order valence-electron chi connectivity index (χ3n) is 5.22. The number of amides is 1. The Balaban J connectivity index is 1.65. The van der Waals surface area contributed by atoms with E-state index in [1.165, 1.54) is 5.56 Å². The number of aromatic nitrogens is 2. The van der Waals surface area contributed by atoms with Crippen LogP contribution < -0.4 is 4.90 Å². The summed E-state index contributed by atoms with van der Waals surface area (Å²) < 4.78 is 5.30. The Morgan fingerprint density at radius 1 is 1.38 bits per heavy atom. The Morgan fingerprint density at radius 2 is 2.25 bits per heavy atom. The zero-order valence-electron chi connectivity index (χ0n) is 14.2. The predicted octanol–water partition coefficient (Wildman–Crippen LogP) is 2.26. The number of aryl methyl sites for hydroxylation is 1. The molecule has 6 nitrogen and oxygen atoms in total. The van der Waals surface area contributed by atoms with Gasteiger partial charge in [0.15, 0.2) is 5.76 Å². The van der Waals surface area contributed by atoms with E-state index < -0.39 is 0 Å². The summed E-state index contributed by atoms with van der Waals surface area (Å²) in [5, 5.41) is 0. The Labute approximate surface area is 141 Å². The molecule has 1 fully saturated rings. The first-order valence-electron chi connectivity index (χ1n) is 8.46. The second kappa shape index (κ2) is 5.61. The summed E-state index contributed by atoms with van der Waals surface area (Å²) in [6.07, 6.45) is 7.61. The number of nitrogens with zero attached hydrogens (tertiary/aromatic N) is 4. The molecule has 4 rings (SSSR count). The second-order valence-corrected chi connectivity index (χ2v) is 7.03. The maximum absolute atomic E-state index is 12.7. The molecule has 2 aliphatic rings. The summed E-state index contributed by atoms with van der Waals surface area (Å²) in [5.41, 5.74) is 2.33. The van der Waals surface area contributed by atoms with Crippen LogP contribution in [0.1, 0.15) is 41.1 Å². The van der Waals surface area contributed by atoms with Crippen molar-refractivity contribution in [3.63, 3.8) is 0 Å². The lowest BCUT2D eigenvalue weighted by molar-refractivity contribution is 0.0602. The van der Waals surface area contributed by atoms with E-state index in [-0.39, 0.29) is 11.3 Å². The number of carbonyl (C=O) groups is 1. The molecule has 0 radical (unpaired) electrons. The lowest BCUT2D eigenvalue weighted by Gasteiger charge is -2.40. The van der Waals surface area contributed by atoms with E-state index in [0.29, 0.717) is 12.3 Å². The van der Waals surface area contributed by atoms with Crippen molar-refractivity contribution in [3.05, 3.63) is 41.6 Å². The van der Waals surface area contributed by atoms with E-state index in [2.05, 4.69) is 4.98 Å². The van der Waals surface area contributed by atoms with Crippen molar-refractivity contribution in [2.75, 3.05) is 32.1 Å². The molecule has 6 heteroatoms. The minimum atomic E-state index is -0.0382. The number of hydrogen-bond donors (Lipinski definition) is 0. The van der Waals surface area contributed by atoms with E-state index in [4.69, 9.17) is 9.40 Å². The molecule has 1 aliphatic heterocycles. The van der Waals surface area contributed by atoms with Crippen molar-refractivity contribution >= 4 is 11.9 Å². The van der Waals surface area contributed by atoms with Crippen molar-refractivity contribution in [2.45, 2.75) is 31.1 Å². The molecule has 1 spiro atoms. The number of rotatable bonds is 2. The number of hydrogen-bond acceptors (Lipinski definition) is 5. The van der Waals surface area contributed by atoms with Crippen molar-refractivity contribution in [2.24, 2.45) is 0 Å². The smallest absolute Gasteiger partial charge is 0.289 e. The largest absolute Gasteiger partial charge is 0.459 e. The van der Waals surface area contributed by atoms with Gasteiger partial charge in [-0.15, -0.1) is 0 Å². The molecular formula is C18H22N4O2. The standard InChI is InChI=1S/C18H22N4O2/c1-21(2)17-19-11-13-6-8-18(15(13)20-17)7-4-9-22(12-18)16(23)14-5-3-10-24-14/h3,5,10-11H,4,6-9,12H2,1-2H3. The predicted molar refractivity (Wildman–Crippen MR) is 90.2 cm³/mol. The number of likely N-dealkylation sites (tertiary alicyclic amines) is 1. The minimum absolute atomic E-state index is 0.0191. The highest BCUT2D eigenvalue weighted by atomic mass is 16.3. The monoisotopic (exact) mass is 326 g/mol. The summed E-state index contributed by atoms with van der Waals surface area (Å²) in [5.74, 6) is 1.14. The van der Waals surface area contributed by atoms with Crippen LogP contribution in [0.5, 0.6) is 0 Å². The maximum Gasteiger partial charge on any atom is 0.289 e. The maximum atomic E-state index is 12.7. The summed E-state index contributed by atoms with van der Waals surface area (Å²) >= 11 is 0. The fourth-order valence-corrected chi connectivity index (χ4v) is 4.01. The molecule has 0 N–H and O–H groups in total. The van der Waals surface area contributed by atoms with E-state index in [9.17, 15) is 4.79 Å². The number of furan rings is 1. The summed E-state index contributed by atoms with van der Waals surface area (Å²) in [6.45, 7) is 1.49. The van der Waals surface area contributed by atoms with Gasteiger partial charge in [-0.05, 0) is 43.4 Å². The van der Waals surface area contributed by atoms with Gasteiger partial charge in [0.05, 0.1) is 12.0 Å². The average Bonchev–Trinajstić information content (AvgIpc) is 3.23. The second-order valence-electron chi connectivity index (χ2n) is 7.03. The van der Waals surface area contributed by atoms with Gasteiger partial charge < -0.3 is 14.2 Å². The molecule has 1 aliphatic carbocycles. The first kappa shape index (κ1) is 15.2. The van der Waals surface area contributed by atoms with Gasteiger partial charge >= 0.3 is 0 Å². The average molecular weight is 326 g/mol. The fraction of sp³-hybridized carbons (Fsp3) is 0.500. The van der Waals surface area contributed by atoms with Gasteiger partial charge in [0.25, 0.3) is 5.91 Å². The van der Waals surface area contributed by atoms with Gasteiger partial charge in [0, 0.05) is 38.8 Å². The van der Waals surface area contributed by atoms with Crippen LogP contribution in [-0.4, -0.2) is 48.0 Å². The molecule has 1 amide bonds. The van der Waals surface area contributed by atoms with Crippen LogP contribution in [0.15, 0.2) is 29.0 Å². The fourth-order valence-electron chi connectivity index (χ4n) is 4.01. The lowest BCUT2D eigenvalue weighted by Crippen LogP contribution is -2.48. The van der Waals surface area contributed by atoms with Gasteiger partial charge in [-0.3, -0.25) is 4.79 Å². The molecule has 1 unspecified atom stereocenters. The molecule has 0 bridgehead atoms. The van der Waals surface area contributed by atoms with Gasteiger partial charge in [0.2, 0.25) is 5.95 Å². The molecule has 24 heavy (non-hydrogen) atoms. The van der Waals surface area contributed by atoms with Crippen LogP contribution in [0.3, 0.4) is 0 Å². The molecule has 126 valence electrons. The van der Waals surface area contributed by atoms with Crippen LogP contribution in [-0.2, 0) is 11.8 Å². The number of carbonyl (C=O) groups excluding carboxylic acids is 1. The Kier molecular flexibility index (Phi) is 3.55. The van der Waals surface area contributed by atoms with Gasteiger partial charge in [-0.2, -0.15) is 0 Å². The SMILES string of the molecule is CN(C)c1ncc2c(n1)C1(CCCN(C(=O)c3ccco3)C1)CC2. The van der Waals surface area contributed by atoms with E-state index in [1.54, 1.807) is 18.4 Å². The zero-order chi connectivity index (χ0) is 16.7. The first-order chi connectivity index (χ1) is 11.6. The van der Waals surface area contributed by atoms with E-state index >= 15 is 0 Å². The third-order valence-corrected chi connectivity index (χ3v) is 5.22. The molecule has 1 atom stereocenters. The van der Waals surface area contributed by atoms with Crippen LogP contribution in [0.4, 0.5) is 5.95 Å². The molecule has 3 heterocycles. The van der Waals surface area contributed by atoms with E-state index in [0.717, 1.165) is 43.9 Å². The summed E-state index contributed by atoms with van der Waals surface area (Å²) in [7, 11) is 3.91.